The van der Waals surface area contributed by atoms with Crippen molar-refractivity contribution >= 4 is 17.4 Å². The molecule has 5 rings (SSSR count). The van der Waals surface area contributed by atoms with E-state index in [1.165, 1.54) is 4.90 Å². The van der Waals surface area contributed by atoms with E-state index in [2.05, 4.69) is 9.97 Å². The second-order valence-corrected chi connectivity index (χ2v) is 7.79. The van der Waals surface area contributed by atoms with Gasteiger partial charge in [0.15, 0.2) is 11.5 Å². The minimum Gasteiger partial charge on any atom is -0.507 e. The number of hydrogen-bond donors (Lipinski definition) is 1. The number of carbonyl (C=O) groups excluding carboxylic acids is 2. The van der Waals surface area contributed by atoms with Gasteiger partial charge in [-0.05, 0) is 42.3 Å². The van der Waals surface area contributed by atoms with E-state index in [1.54, 1.807) is 55.2 Å². The van der Waals surface area contributed by atoms with Crippen LogP contribution < -0.4 is 9.47 Å². The van der Waals surface area contributed by atoms with Gasteiger partial charge < -0.3 is 24.0 Å². The van der Waals surface area contributed by atoms with E-state index in [-0.39, 0.29) is 11.3 Å². The molecule has 168 valence electrons. The average Bonchev–Trinajstić information content (AvgIpc) is 3.46. The second-order valence-electron chi connectivity index (χ2n) is 7.79. The van der Waals surface area contributed by atoms with Crippen molar-refractivity contribution in [3.05, 3.63) is 78.1 Å². The fraction of sp³-hybridized carbons (Fsp3) is 0.250. The van der Waals surface area contributed by atoms with Gasteiger partial charge in [-0.2, -0.15) is 0 Å². The maximum Gasteiger partial charge on any atom is 0.295 e. The van der Waals surface area contributed by atoms with Gasteiger partial charge in [0.25, 0.3) is 11.7 Å². The fourth-order valence-electron chi connectivity index (χ4n) is 4.19. The van der Waals surface area contributed by atoms with Crippen molar-refractivity contribution in [2.45, 2.75) is 19.0 Å². The van der Waals surface area contributed by atoms with Gasteiger partial charge in [-0.1, -0.05) is 0 Å². The van der Waals surface area contributed by atoms with Gasteiger partial charge in [0.2, 0.25) is 0 Å². The molecule has 0 unspecified atom stereocenters. The number of likely N-dealkylation sites (tertiary alicyclic amines) is 1. The van der Waals surface area contributed by atoms with Crippen LogP contribution in [-0.2, 0) is 16.1 Å². The van der Waals surface area contributed by atoms with E-state index in [9.17, 15) is 14.7 Å². The zero-order valence-corrected chi connectivity index (χ0v) is 17.8. The van der Waals surface area contributed by atoms with Crippen LogP contribution in [0.5, 0.6) is 11.5 Å². The van der Waals surface area contributed by atoms with Crippen molar-refractivity contribution in [2.24, 2.45) is 0 Å². The Labute approximate surface area is 189 Å². The van der Waals surface area contributed by atoms with E-state index in [0.29, 0.717) is 55.4 Å². The molecule has 9 nitrogen and oxygen atoms in total. The lowest BCUT2D eigenvalue weighted by atomic mass is 9.95. The van der Waals surface area contributed by atoms with E-state index in [0.717, 1.165) is 0 Å². The SMILES string of the molecule is O=C1C(=O)N(CCCn2ccnc2)[C@H](c2ccncc2)/C1=C(\O)c1ccc2c(c1)OCCO2. The largest absolute Gasteiger partial charge is 0.507 e. The Morgan fingerprint density at radius 2 is 1.79 bits per heavy atom. The van der Waals surface area contributed by atoms with Crippen molar-refractivity contribution in [2.75, 3.05) is 19.8 Å². The van der Waals surface area contributed by atoms with Crippen molar-refractivity contribution in [1.82, 2.24) is 19.4 Å². The topological polar surface area (TPSA) is 107 Å². The molecule has 1 amide bonds. The molecule has 0 aliphatic carbocycles. The van der Waals surface area contributed by atoms with Gasteiger partial charge >= 0.3 is 0 Å². The first-order chi connectivity index (χ1) is 16.1. The van der Waals surface area contributed by atoms with Crippen LogP contribution in [-0.4, -0.2) is 56.0 Å². The Morgan fingerprint density at radius 1 is 1.00 bits per heavy atom. The normalized spacial score (nSPS) is 19.2. The number of pyridine rings is 1. The predicted molar refractivity (Wildman–Crippen MR) is 118 cm³/mol. The first-order valence-electron chi connectivity index (χ1n) is 10.7. The van der Waals surface area contributed by atoms with E-state index in [1.807, 2.05) is 10.8 Å². The summed E-state index contributed by atoms with van der Waals surface area (Å²) in [5.41, 5.74) is 1.13. The number of aromatic nitrogens is 3. The van der Waals surface area contributed by atoms with Gasteiger partial charge in [-0.25, -0.2) is 4.98 Å². The zero-order valence-electron chi connectivity index (χ0n) is 17.8. The van der Waals surface area contributed by atoms with Crippen molar-refractivity contribution < 1.29 is 24.2 Å². The number of hydrogen-bond acceptors (Lipinski definition) is 7. The quantitative estimate of drug-likeness (QED) is 0.352. The van der Waals surface area contributed by atoms with Crippen LogP contribution in [0.15, 0.2) is 67.0 Å². The Morgan fingerprint density at radius 3 is 2.55 bits per heavy atom. The summed E-state index contributed by atoms with van der Waals surface area (Å²) < 4.78 is 13.1. The number of aliphatic hydroxyl groups is 1. The van der Waals surface area contributed by atoms with Crippen molar-refractivity contribution in [3.8, 4) is 11.5 Å². The van der Waals surface area contributed by atoms with Crippen LogP contribution in [0, 0.1) is 0 Å². The molecule has 33 heavy (non-hydrogen) atoms. The van der Waals surface area contributed by atoms with Crippen molar-refractivity contribution in [3.63, 3.8) is 0 Å². The summed E-state index contributed by atoms with van der Waals surface area (Å²) in [5.74, 6) is -0.540. The van der Waals surface area contributed by atoms with Gasteiger partial charge in [0.05, 0.1) is 17.9 Å². The summed E-state index contributed by atoms with van der Waals surface area (Å²) in [4.78, 5) is 35.7. The van der Waals surface area contributed by atoms with Crippen LogP contribution in [0.4, 0.5) is 0 Å². The molecular formula is C24H22N4O5. The highest BCUT2D eigenvalue weighted by Gasteiger charge is 2.45. The molecule has 1 aromatic carbocycles. The number of Topliss-reactive ketones (excluding diaryl/α,β-unsaturated/α-hetero) is 1. The average molecular weight is 446 g/mol. The number of carbonyl (C=O) groups is 2. The minimum absolute atomic E-state index is 0.0468. The number of aryl methyl sites for hydroxylation is 1. The minimum atomic E-state index is -0.719. The van der Waals surface area contributed by atoms with Crippen LogP contribution in [0.1, 0.15) is 23.6 Å². The molecular weight excluding hydrogens is 424 g/mol. The standard InChI is InChI=1S/C24H22N4O5/c29-22(17-2-3-18-19(14-17)33-13-12-32-18)20-21(16-4-6-25-7-5-16)28(24(31)23(20)30)10-1-9-27-11-8-26-15-27/h2-8,11,14-15,21,29H,1,9-10,12-13H2/b22-20+/t21-/m1/s1. The molecule has 4 heterocycles. The second kappa shape index (κ2) is 8.78. The lowest BCUT2D eigenvalue weighted by Gasteiger charge is -2.25. The maximum absolute atomic E-state index is 13.1. The van der Waals surface area contributed by atoms with Crippen LogP contribution >= 0.6 is 0 Å². The Kier molecular flexibility index (Phi) is 5.52. The molecule has 9 heteroatoms. The summed E-state index contributed by atoms with van der Waals surface area (Å²) in [6.07, 6.45) is 9.06. The van der Waals surface area contributed by atoms with E-state index >= 15 is 0 Å². The molecule has 3 aromatic rings. The third-order valence-corrected chi connectivity index (χ3v) is 5.75. The zero-order chi connectivity index (χ0) is 22.8. The highest BCUT2D eigenvalue weighted by atomic mass is 16.6. The molecule has 1 atom stereocenters. The molecule has 2 aromatic heterocycles. The number of amides is 1. The lowest BCUT2D eigenvalue weighted by Crippen LogP contribution is -2.31. The molecule has 0 spiro atoms. The number of aliphatic hydroxyl groups excluding tert-OH is 1. The summed E-state index contributed by atoms with van der Waals surface area (Å²) >= 11 is 0. The number of imidazole rings is 1. The monoisotopic (exact) mass is 446 g/mol. The Hall–Kier alpha value is -4.14. The van der Waals surface area contributed by atoms with Gasteiger partial charge in [0.1, 0.15) is 19.0 Å². The number of benzene rings is 1. The van der Waals surface area contributed by atoms with Crippen LogP contribution in [0.2, 0.25) is 0 Å². The number of ether oxygens (including phenoxy) is 2. The Bertz CT molecular complexity index is 1210. The molecule has 0 radical (unpaired) electrons. The first-order valence-corrected chi connectivity index (χ1v) is 10.7. The summed E-state index contributed by atoms with van der Waals surface area (Å²) in [6.45, 7) is 1.84. The third kappa shape index (κ3) is 3.93. The Balaban J connectivity index is 1.52. The van der Waals surface area contributed by atoms with Gasteiger partial charge in [0, 0.05) is 43.4 Å². The predicted octanol–water partition coefficient (Wildman–Crippen LogP) is 2.56. The summed E-state index contributed by atoms with van der Waals surface area (Å²) in [5, 5.41) is 11.2. The number of fused-ring (bicyclic) bond motifs is 1. The first kappa shape index (κ1) is 20.7. The number of nitrogens with zero attached hydrogens (tertiary/aromatic N) is 4. The fourth-order valence-corrected chi connectivity index (χ4v) is 4.19. The number of ketones is 1. The van der Waals surface area contributed by atoms with Crippen LogP contribution in [0.3, 0.4) is 0 Å². The summed E-state index contributed by atoms with van der Waals surface area (Å²) in [6, 6.07) is 7.74. The lowest BCUT2D eigenvalue weighted by molar-refractivity contribution is -0.139. The van der Waals surface area contributed by atoms with Gasteiger partial charge in [-0.3, -0.25) is 14.6 Å². The van der Waals surface area contributed by atoms with Crippen LogP contribution in [0.25, 0.3) is 5.76 Å². The molecule has 2 aliphatic rings. The molecule has 0 saturated carbocycles. The highest BCUT2D eigenvalue weighted by molar-refractivity contribution is 6.46. The number of rotatable bonds is 6. The highest BCUT2D eigenvalue weighted by Crippen LogP contribution is 2.41. The van der Waals surface area contributed by atoms with Gasteiger partial charge in [-0.15, -0.1) is 0 Å². The smallest absolute Gasteiger partial charge is 0.295 e. The molecule has 2 aliphatic heterocycles. The maximum atomic E-state index is 13.1. The van der Waals surface area contributed by atoms with Crippen molar-refractivity contribution in [1.29, 1.82) is 0 Å². The summed E-state index contributed by atoms with van der Waals surface area (Å²) in [7, 11) is 0. The third-order valence-electron chi connectivity index (χ3n) is 5.75. The molecule has 1 fully saturated rings. The molecule has 1 saturated heterocycles. The molecule has 1 N–H and O–H groups in total. The molecule has 0 bridgehead atoms. The van der Waals surface area contributed by atoms with E-state index in [4.69, 9.17) is 9.47 Å². The van der Waals surface area contributed by atoms with E-state index < -0.39 is 17.7 Å².